The molecule has 6 heteroatoms. The molecule has 1 heterocycles. The highest BCUT2D eigenvalue weighted by atomic mass is 19.3. The number of benzene rings is 1. The minimum atomic E-state index is -2.39. The molecule has 23 heavy (non-hydrogen) atoms. The van der Waals surface area contributed by atoms with Gasteiger partial charge < -0.3 is 10.0 Å². The van der Waals surface area contributed by atoms with Gasteiger partial charge in [-0.1, -0.05) is 24.3 Å². The van der Waals surface area contributed by atoms with E-state index in [2.05, 4.69) is 0 Å². The quantitative estimate of drug-likeness (QED) is 0.926. The third-order valence-electron chi connectivity index (χ3n) is 4.59. The number of amides is 1. The lowest BCUT2D eigenvalue weighted by atomic mass is 9.80. The Morgan fingerprint density at radius 1 is 1.30 bits per heavy atom. The van der Waals surface area contributed by atoms with E-state index >= 15 is 0 Å². The van der Waals surface area contributed by atoms with Crippen LogP contribution in [-0.4, -0.2) is 40.9 Å². The van der Waals surface area contributed by atoms with Gasteiger partial charge in [0.2, 0.25) is 12.3 Å². The predicted octanol–water partition coefficient (Wildman–Crippen LogP) is 2.92. The van der Waals surface area contributed by atoms with E-state index in [-0.39, 0.29) is 24.3 Å². The molecule has 1 saturated heterocycles. The standard InChI is InChI=1S/C17H21F2NO3/c1-10-15(17(22)23)8-14(9-20(10)11(2)21)13-5-3-12(4-6-13)7-16(18)19/h3-6,10,14-16H,7-9H2,1-2H3,(H,22,23). The molecule has 1 fully saturated rings. The van der Waals surface area contributed by atoms with Crippen LogP contribution < -0.4 is 0 Å². The fraction of sp³-hybridized carbons (Fsp3) is 0.529. The molecule has 0 aromatic heterocycles. The van der Waals surface area contributed by atoms with Crippen molar-refractivity contribution in [2.45, 2.75) is 45.1 Å². The highest BCUT2D eigenvalue weighted by Crippen LogP contribution is 2.34. The van der Waals surface area contributed by atoms with E-state index in [1.807, 2.05) is 0 Å². The number of carboxylic acids is 1. The first kappa shape index (κ1) is 17.4. The molecule has 0 radical (unpaired) electrons. The van der Waals surface area contributed by atoms with Gasteiger partial charge in [-0.05, 0) is 24.5 Å². The first-order chi connectivity index (χ1) is 10.8. The highest BCUT2D eigenvalue weighted by Gasteiger charge is 2.39. The molecule has 2 rings (SSSR count). The molecule has 0 spiro atoms. The van der Waals surface area contributed by atoms with Crippen molar-refractivity contribution in [3.63, 3.8) is 0 Å². The van der Waals surface area contributed by atoms with Gasteiger partial charge in [-0.15, -0.1) is 0 Å². The van der Waals surface area contributed by atoms with Crippen molar-refractivity contribution in [3.05, 3.63) is 35.4 Å². The van der Waals surface area contributed by atoms with Crippen molar-refractivity contribution in [2.24, 2.45) is 5.92 Å². The maximum Gasteiger partial charge on any atom is 0.308 e. The van der Waals surface area contributed by atoms with E-state index in [4.69, 9.17) is 0 Å². The third-order valence-corrected chi connectivity index (χ3v) is 4.59. The number of carbonyl (C=O) groups excluding carboxylic acids is 1. The monoisotopic (exact) mass is 325 g/mol. The molecule has 0 saturated carbocycles. The molecule has 126 valence electrons. The Kier molecular flexibility index (Phi) is 5.34. The van der Waals surface area contributed by atoms with E-state index in [1.165, 1.54) is 6.92 Å². The largest absolute Gasteiger partial charge is 0.481 e. The molecule has 0 bridgehead atoms. The molecule has 1 aliphatic heterocycles. The zero-order valence-electron chi connectivity index (χ0n) is 13.2. The lowest BCUT2D eigenvalue weighted by molar-refractivity contribution is -0.149. The van der Waals surface area contributed by atoms with Gasteiger partial charge in [0.1, 0.15) is 0 Å². The SMILES string of the molecule is CC(=O)N1CC(c2ccc(CC(F)F)cc2)CC(C(=O)O)C1C. The smallest absolute Gasteiger partial charge is 0.308 e. The number of aliphatic carboxylic acids is 1. The van der Waals surface area contributed by atoms with Gasteiger partial charge in [0.15, 0.2) is 0 Å². The zero-order chi connectivity index (χ0) is 17.1. The van der Waals surface area contributed by atoms with Gasteiger partial charge in [-0.3, -0.25) is 9.59 Å². The average Bonchev–Trinajstić information content (AvgIpc) is 2.47. The average molecular weight is 325 g/mol. The Labute approximate surface area is 134 Å². The van der Waals surface area contributed by atoms with Crippen LogP contribution in [-0.2, 0) is 16.0 Å². The summed E-state index contributed by atoms with van der Waals surface area (Å²) < 4.78 is 24.8. The Morgan fingerprint density at radius 3 is 2.39 bits per heavy atom. The number of hydrogen-bond donors (Lipinski definition) is 1. The number of halogens is 2. The Morgan fingerprint density at radius 2 is 1.91 bits per heavy atom. The van der Waals surface area contributed by atoms with Gasteiger partial charge in [0.25, 0.3) is 0 Å². The van der Waals surface area contributed by atoms with Gasteiger partial charge in [0, 0.05) is 31.8 Å². The first-order valence-electron chi connectivity index (χ1n) is 7.66. The summed E-state index contributed by atoms with van der Waals surface area (Å²) in [7, 11) is 0. The van der Waals surface area contributed by atoms with Gasteiger partial charge in [0.05, 0.1) is 5.92 Å². The summed E-state index contributed by atoms with van der Waals surface area (Å²) in [6.45, 7) is 3.64. The van der Waals surface area contributed by atoms with Crippen LogP contribution in [0.5, 0.6) is 0 Å². The zero-order valence-corrected chi connectivity index (χ0v) is 13.2. The summed E-state index contributed by atoms with van der Waals surface area (Å²) in [5, 5.41) is 9.39. The van der Waals surface area contributed by atoms with E-state index in [0.29, 0.717) is 18.5 Å². The van der Waals surface area contributed by atoms with Gasteiger partial charge in [-0.2, -0.15) is 0 Å². The first-order valence-corrected chi connectivity index (χ1v) is 7.66. The molecule has 3 unspecified atom stereocenters. The van der Waals surface area contributed by atoms with Crippen LogP contribution in [0, 0.1) is 5.92 Å². The number of carbonyl (C=O) groups is 2. The lowest BCUT2D eigenvalue weighted by Gasteiger charge is -2.41. The normalized spacial score (nSPS) is 24.7. The second kappa shape index (κ2) is 7.06. The molecule has 3 atom stereocenters. The van der Waals surface area contributed by atoms with Crippen molar-refractivity contribution >= 4 is 11.9 Å². The molecule has 4 nitrogen and oxygen atoms in total. The summed E-state index contributed by atoms with van der Waals surface area (Å²) in [5.41, 5.74) is 1.43. The summed E-state index contributed by atoms with van der Waals surface area (Å²) in [6.07, 6.45) is -2.24. The molecule has 1 aliphatic rings. The van der Waals surface area contributed by atoms with Crippen molar-refractivity contribution in [3.8, 4) is 0 Å². The van der Waals surface area contributed by atoms with Crippen molar-refractivity contribution in [1.82, 2.24) is 4.90 Å². The van der Waals surface area contributed by atoms with Crippen molar-refractivity contribution in [2.75, 3.05) is 6.54 Å². The minimum absolute atomic E-state index is 0.100. The van der Waals surface area contributed by atoms with Crippen LogP contribution in [0.3, 0.4) is 0 Å². The summed E-state index contributed by atoms with van der Waals surface area (Å²) in [6, 6.07) is 6.46. The third kappa shape index (κ3) is 4.06. The molecule has 1 amide bonds. The van der Waals surface area contributed by atoms with Crippen molar-refractivity contribution in [1.29, 1.82) is 0 Å². The second-order valence-electron chi connectivity index (χ2n) is 6.13. The number of piperidine rings is 1. The fourth-order valence-corrected chi connectivity index (χ4v) is 3.27. The summed E-state index contributed by atoms with van der Waals surface area (Å²) >= 11 is 0. The van der Waals surface area contributed by atoms with Crippen LogP contribution in [0.15, 0.2) is 24.3 Å². The number of hydrogen-bond acceptors (Lipinski definition) is 2. The van der Waals surface area contributed by atoms with Gasteiger partial charge >= 0.3 is 5.97 Å². The lowest BCUT2D eigenvalue weighted by Crippen LogP contribution is -2.50. The number of nitrogens with zero attached hydrogens (tertiary/aromatic N) is 1. The Balaban J connectivity index is 2.20. The van der Waals surface area contributed by atoms with E-state index < -0.39 is 18.3 Å². The topological polar surface area (TPSA) is 57.6 Å². The number of alkyl halides is 2. The number of likely N-dealkylation sites (tertiary alicyclic amines) is 1. The van der Waals surface area contributed by atoms with Gasteiger partial charge in [-0.25, -0.2) is 8.78 Å². The molecule has 1 aromatic rings. The number of carboxylic acid groups (broad SMARTS) is 1. The molecule has 1 aromatic carbocycles. The molecular formula is C17H21F2NO3. The minimum Gasteiger partial charge on any atom is -0.481 e. The second-order valence-corrected chi connectivity index (χ2v) is 6.13. The van der Waals surface area contributed by atoms with Crippen LogP contribution in [0.1, 0.15) is 37.3 Å². The maximum absolute atomic E-state index is 12.4. The van der Waals surface area contributed by atoms with Crippen LogP contribution >= 0.6 is 0 Å². The molecule has 0 aliphatic carbocycles. The van der Waals surface area contributed by atoms with Crippen LogP contribution in [0.25, 0.3) is 0 Å². The Bertz CT molecular complexity index is 550. The maximum atomic E-state index is 12.4. The van der Waals surface area contributed by atoms with Crippen molar-refractivity contribution < 1.29 is 23.5 Å². The predicted molar refractivity (Wildman–Crippen MR) is 81.5 cm³/mol. The summed E-state index contributed by atoms with van der Waals surface area (Å²) in [4.78, 5) is 24.8. The van der Waals surface area contributed by atoms with Crippen LogP contribution in [0.4, 0.5) is 8.78 Å². The molecule has 1 N–H and O–H groups in total. The summed E-state index contributed by atoms with van der Waals surface area (Å²) in [5.74, 6) is -1.79. The van der Waals surface area contributed by atoms with E-state index in [1.54, 1.807) is 36.1 Å². The van der Waals surface area contributed by atoms with Crippen LogP contribution in [0.2, 0.25) is 0 Å². The highest BCUT2D eigenvalue weighted by molar-refractivity contribution is 5.77. The Hall–Kier alpha value is -1.98. The van der Waals surface area contributed by atoms with E-state index in [9.17, 15) is 23.5 Å². The van der Waals surface area contributed by atoms with E-state index in [0.717, 1.165) is 5.56 Å². The number of rotatable bonds is 4. The fourth-order valence-electron chi connectivity index (χ4n) is 3.27. The molecular weight excluding hydrogens is 304 g/mol.